The van der Waals surface area contributed by atoms with Gasteiger partial charge in [-0.2, -0.15) is 0 Å². The molecular formula is C33H47BN4O7. The number of carbonyl (C=O) groups is 3. The lowest BCUT2D eigenvalue weighted by Crippen LogP contribution is -2.53. The van der Waals surface area contributed by atoms with E-state index >= 15 is 0 Å². The summed E-state index contributed by atoms with van der Waals surface area (Å²) in [6, 6.07) is 16.3. The number of nitrogens with zero attached hydrogens (tertiary/aromatic N) is 1. The predicted molar refractivity (Wildman–Crippen MR) is 176 cm³/mol. The van der Waals surface area contributed by atoms with Crippen molar-refractivity contribution in [1.82, 2.24) is 16.0 Å². The van der Waals surface area contributed by atoms with E-state index in [1.807, 2.05) is 24.3 Å². The Morgan fingerprint density at radius 2 is 1.27 bits per heavy atom. The van der Waals surface area contributed by atoms with Crippen LogP contribution >= 0.6 is 0 Å². The summed E-state index contributed by atoms with van der Waals surface area (Å²) >= 11 is 0. The quantitative estimate of drug-likeness (QED) is 0.123. The smallest absolute Gasteiger partial charge is 0.407 e. The largest absolute Gasteiger partial charge is 0.560 e. The zero-order valence-corrected chi connectivity index (χ0v) is 27.5. The number of ether oxygens (including phenoxy) is 3. The summed E-state index contributed by atoms with van der Waals surface area (Å²) in [5.41, 5.74) is 2.24. The normalized spacial score (nSPS) is 13.0. The van der Waals surface area contributed by atoms with E-state index in [0.717, 1.165) is 22.3 Å². The molecule has 2 aromatic rings. The number of rotatable bonds is 13. The molecule has 0 unspecified atom stereocenters. The van der Waals surface area contributed by atoms with E-state index in [1.165, 1.54) is 14.4 Å². The molecule has 0 saturated heterocycles. The monoisotopic (exact) mass is 622 g/mol. The molecule has 0 saturated carbocycles. The molecule has 3 amide bonds. The van der Waals surface area contributed by atoms with Gasteiger partial charge in [-0.25, -0.2) is 14.4 Å². The van der Waals surface area contributed by atoms with Crippen molar-refractivity contribution < 1.29 is 33.2 Å². The number of carbonyl (C=O) groups excluding carboxylic acids is 3. The van der Waals surface area contributed by atoms with E-state index < -0.39 is 35.0 Å². The third-order valence-electron chi connectivity index (χ3n) is 7.15. The van der Waals surface area contributed by atoms with Gasteiger partial charge in [0.25, 0.3) is 0 Å². The van der Waals surface area contributed by atoms with Crippen molar-refractivity contribution >= 4 is 32.7 Å². The van der Waals surface area contributed by atoms with Crippen LogP contribution in [0.2, 0.25) is 0 Å². The molecule has 3 rings (SSSR count). The fourth-order valence-corrected chi connectivity index (χ4v) is 5.26. The van der Waals surface area contributed by atoms with Gasteiger partial charge in [0.15, 0.2) is 6.40 Å². The van der Waals surface area contributed by atoms with E-state index in [-0.39, 0.29) is 25.6 Å². The minimum absolute atomic E-state index is 0.105. The van der Waals surface area contributed by atoms with Gasteiger partial charge < -0.3 is 34.8 Å². The number of fused-ring (bicyclic) bond motifs is 3. The Bertz CT molecular complexity index is 1260. The molecule has 0 aliphatic heterocycles. The molecule has 0 atom stereocenters. The van der Waals surface area contributed by atoms with E-state index in [0.29, 0.717) is 25.8 Å². The first-order valence-electron chi connectivity index (χ1n) is 15.3. The van der Waals surface area contributed by atoms with Crippen LogP contribution in [-0.4, -0.2) is 75.7 Å². The van der Waals surface area contributed by atoms with Gasteiger partial charge in [0.2, 0.25) is 0 Å². The van der Waals surface area contributed by atoms with Crippen LogP contribution in [0.3, 0.4) is 0 Å². The Morgan fingerprint density at radius 3 is 1.73 bits per heavy atom. The maximum atomic E-state index is 13.5. The summed E-state index contributed by atoms with van der Waals surface area (Å²) in [5, 5.41) is 8.60. The second-order valence-electron chi connectivity index (χ2n) is 13.1. The van der Waals surface area contributed by atoms with Crippen molar-refractivity contribution in [2.45, 2.75) is 83.5 Å². The molecular weight excluding hydrogens is 575 g/mol. The fraction of sp³-hybridized carbons (Fsp3) is 0.515. The fourth-order valence-electron chi connectivity index (χ4n) is 5.26. The molecule has 0 fully saturated rings. The van der Waals surface area contributed by atoms with Crippen LogP contribution in [-0.2, 0) is 18.9 Å². The maximum Gasteiger partial charge on any atom is 0.407 e. The average molecular weight is 623 g/mol. The number of hydrogen-bond donors (Lipinski definition) is 3. The first-order valence-corrected chi connectivity index (χ1v) is 15.3. The second kappa shape index (κ2) is 15.7. The van der Waals surface area contributed by atoms with Crippen molar-refractivity contribution in [3.63, 3.8) is 0 Å². The van der Waals surface area contributed by atoms with Crippen LogP contribution < -0.4 is 16.0 Å². The molecule has 2 aromatic carbocycles. The third-order valence-corrected chi connectivity index (χ3v) is 7.15. The van der Waals surface area contributed by atoms with E-state index in [1.54, 1.807) is 41.5 Å². The summed E-state index contributed by atoms with van der Waals surface area (Å²) in [7, 11) is 1.50. The summed E-state index contributed by atoms with van der Waals surface area (Å²) in [6.07, 6.45) is 0.592. The van der Waals surface area contributed by atoms with Crippen molar-refractivity contribution in [2.24, 2.45) is 4.99 Å². The van der Waals surface area contributed by atoms with Gasteiger partial charge >= 0.3 is 26.3 Å². The SMILES string of the molecule is BOC=NCCC(CCNC(=O)OC(C)(C)C)(CCNC(=O)OC(C)(C)C)NC(=O)OCC1c2ccccc2-c2ccccc21. The average Bonchev–Trinajstić information content (AvgIpc) is 3.26. The summed E-state index contributed by atoms with van der Waals surface area (Å²) in [4.78, 5) is 42.5. The van der Waals surface area contributed by atoms with Crippen LogP contribution in [0.25, 0.3) is 11.1 Å². The molecule has 244 valence electrons. The number of amides is 3. The third kappa shape index (κ3) is 11.3. The highest BCUT2D eigenvalue weighted by atomic mass is 16.6. The molecule has 45 heavy (non-hydrogen) atoms. The van der Waals surface area contributed by atoms with Gasteiger partial charge in [-0.1, -0.05) is 48.5 Å². The van der Waals surface area contributed by atoms with Gasteiger partial charge in [0.05, 0.1) is 0 Å². The Kier molecular flexibility index (Phi) is 12.3. The Balaban J connectivity index is 1.77. The number of alkyl carbamates (subject to hydrolysis) is 3. The van der Waals surface area contributed by atoms with Crippen LogP contribution in [0, 0.1) is 0 Å². The van der Waals surface area contributed by atoms with Gasteiger partial charge in [-0.05, 0) is 83.1 Å². The highest BCUT2D eigenvalue weighted by Crippen LogP contribution is 2.44. The number of hydrogen-bond acceptors (Lipinski definition) is 8. The zero-order valence-electron chi connectivity index (χ0n) is 27.5. The van der Waals surface area contributed by atoms with E-state index in [9.17, 15) is 14.4 Å². The van der Waals surface area contributed by atoms with Gasteiger partial charge in [0.1, 0.15) is 17.8 Å². The van der Waals surface area contributed by atoms with Gasteiger partial charge in [-0.3, -0.25) is 4.99 Å². The van der Waals surface area contributed by atoms with Crippen molar-refractivity contribution in [2.75, 3.05) is 26.2 Å². The lowest BCUT2D eigenvalue weighted by atomic mass is 9.87. The predicted octanol–water partition coefficient (Wildman–Crippen LogP) is 5.08. The number of aliphatic imine (C=N–C) groups is 1. The molecule has 0 heterocycles. The molecule has 3 N–H and O–H groups in total. The van der Waals surface area contributed by atoms with Crippen LogP contribution in [0.5, 0.6) is 0 Å². The molecule has 0 radical (unpaired) electrons. The lowest BCUT2D eigenvalue weighted by molar-refractivity contribution is 0.0519. The van der Waals surface area contributed by atoms with Crippen LogP contribution in [0.15, 0.2) is 53.5 Å². The lowest BCUT2D eigenvalue weighted by Gasteiger charge is -2.35. The van der Waals surface area contributed by atoms with Gasteiger partial charge in [0, 0.05) is 31.1 Å². The van der Waals surface area contributed by atoms with Gasteiger partial charge in [-0.15, -0.1) is 0 Å². The molecule has 12 heteroatoms. The molecule has 0 aromatic heterocycles. The topological polar surface area (TPSA) is 137 Å². The van der Waals surface area contributed by atoms with Crippen LogP contribution in [0.1, 0.15) is 77.8 Å². The van der Waals surface area contributed by atoms with Crippen molar-refractivity contribution in [3.05, 3.63) is 59.7 Å². The molecule has 0 spiro atoms. The summed E-state index contributed by atoms with van der Waals surface area (Å²) in [5.74, 6) is -0.105. The zero-order chi connectivity index (χ0) is 33.1. The Labute approximate surface area is 267 Å². The minimum atomic E-state index is -0.919. The highest BCUT2D eigenvalue weighted by Gasteiger charge is 2.34. The second-order valence-corrected chi connectivity index (χ2v) is 13.1. The molecule has 1 aliphatic rings. The van der Waals surface area contributed by atoms with E-state index in [4.69, 9.17) is 18.9 Å². The van der Waals surface area contributed by atoms with Crippen molar-refractivity contribution in [1.29, 1.82) is 0 Å². The van der Waals surface area contributed by atoms with Crippen LogP contribution in [0.4, 0.5) is 14.4 Å². The van der Waals surface area contributed by atoms with Crippen molar-refractivity contribution in [3.8, 4) is 11.1 Å². The highest BCUT2D eigenvalue weighted by molar-refractivity contribution is 6.02. The maximum absolute atomic E-state index is 13.5. The molecule has 0 bridgehead atoms. The molecule has 11 nitrogen and oxygen atoms in total. The first kappa shape index (κ1) is 35.3. The minimum Gasteiger partial charge on any atom is -0.560 e. The Morgan fingerprint density at radius 1 is 0.778 bits per heavy atom. The standard InChI is InChI=1S/C33H47BN4O7/c1-31(2,3)44-28(39)36-19-16-33(15-18-35-22-43-34,17-20-37-29(40)45-32(4,5)6)38-30(41)42-21-27-25-13-9-7-11-23(25)24-12-8-10-14-26(24)27/h7-14,22,27H,15-21,34H2,1-6H3,(H,36,39)(H,37,40)(H,38,41). The number of nitrogens with one attached hydrogen (secondary N) is 3. The first-order chi connectivity index (χ1) is 21.2. The molecule has 1 aliphatic carbocycles. The Hall–Kier alpha value is -4.22. The number of benzene rings is 2. The summed E-state index contributed by atoms with van der Waals surface area (Å²) < 4.78 is 21.6. The van der Waals surface area contributed by atoms with E-state index in [2.05, 4.69) is 45.2 Å². The summed E-state index contributed by atoms with van der Waals surface area (Å²) in [6.45, 7) is 11.5.